The summed E-state index contributed by atoms with van der Waals surface area (Å²) in [5.74, 6) is -0.621. The largest absolute Gasteiger partial charge is 0.481 e. The highest BCUT2D eigenvalue weighted by atomic mass is 16.4. The van der Waals surface area contributed by atoms with Gasteiger partial charge in [0.05, 0.1) is 6.42 Å². The minimum Gasteiger partial charge on any atom is -0.481 e. The Labute approximate surface area is 127 Å². The topological polar surface area (TPSA) is 40.5 Å². The lowest BCUT2D eigenvalue weighted by Gasteiger charge is -2.35. The van der Waals surface area contributed by atoms with Crippen molar-refractivity contribution in [3.8, 4) is 0 Å². The number of carbonyl (C=O) groups is 1. The van der Waals surface area contributed by atoms with Gasteiger partial charge in [0.15, 0.2) is 0 Å². The molecule has 3 nitrogen and oxygen atoms in total. The molecule has 0 radical (unpaired) electrons. The molecule has 114 valence electrons. The van der Waals surface area contributed by atoms with E-state index in [1.54, 1.807) is 0 Å². The SMILES string of the molecule is CC(CC(=O)O)c1cccc2c1N(C1CCCCC1)CC2. The van der Waals surface area contributed by atoms with Gasteiger partial charge in [-0.25, -0.2) is 0 Å². The third-order valence-electron chi connectivity index (χ3n) is 5.09. The first-order valence-corrected chi connectivity index (χ1v) is 8.27. The van der Waals surface area contributed by atoms with Crippen LogP contribution < -0.4 is 4.90 Å². The van der Waals surface area contributed by atoms with E-state index in [1.165, 1.54) is 48.9 Å². The molecule has 0 spiro atoms. The van der Waals surface area contributed by atoms with Crippen molar-refractivity contribution >= 4 is 11.7 Å². The lowest BCUT2D eigenvalue weighted by molar-refractivity contribution is -0.137. The second-order valence-corrected chi connectivity index (χ2v) is 6.59. The van der Waals surface area contributed by atoms with Crippen LogP contribution >= 0.6 is 0 Å². The van der Waals surface area contributed by atoms with E-state index in [4.69, 9.17) is 5.11 Å². The summed E-state index contributed by atoms with van der Waals surface area (Å²) in [5, 5.41) is 9.09. The van der Waals surface area contributed by atoms with Crippen molar-refractivity contribution in [2.75, 3.05) is 11.4 Å². The zero-order valence-corrected chi connectivity index (χ0v) is 12.8. The molecule has 1 atom stereocenters. The van der Waals surface area contributed by atoms with Crippen LogP contribution in [0.4, 0.5) is 5.69 Å². The molecule has 1 N–H and O–H groups in total. The summed E-state index contributed by atoms with van der Waals surface area (Å²) < 4.78 is 0. The van der Waals surface area contributed by atoms with Crippen LogP contribution in [0.3, 0.4) is 0 Å². The van der Waals surface area contributed by atoms with Gasteiger partial charge in [-0.1, -0.05) is 44.4 Å². The van der Waals surface area contributed by atoms with Crippen LogP contribution in [0.5, 0.6) is 0 Å². The van der Waals surface area contributed by atoms with Crippen LogP contribution in [0.25, 0.3) is 0 Å². The zero-order chi connectivity index (χ0) is 14.8. The Morgan fingerprint density at radius 2 is 2.10 bits per heavy atom. The van der Waals surface area contributed by atoms with Crippen LogP contribution in [0.2, 0.25) is 0 Å². The van der Waals surface area contributed by atoms with Gasteiger partial charge in [-0.15, -0.1) is 0 Å². The molecule has 3 heteroatoms. The number of carboxylic acid groups (broad SMARTS) is 1. The van der Waals surface area contributed by atoms with Gasteiger partial charge in [0.25, 0.3) is 0 Å². The van der Waals surface area contributed by atoms with Gasteiger partial charge in [-0.3, -0.25) is 4.79 Å². The second-order valence-electron chi connectivity index (χ2n) is 6.59. The first kappa shape index (κ1) is 14.4. The van der Waals surface area contributed by atoms with Gasteiger partial charge in [0.1, 0.15) is 0 Å². The summed E-state index contributed by atoms with van der Waals surface area (Å²) >= 11 is 0. The summed E-state index contributed by atoms with van der Waals surface area (Å²) in [6, 6.07) is 7.11. The Balaban J connectivity index is 1.90. The average molecular weight is 287 g/mol. The van der Waals surface area contributed by atoms with Crippen LogP contribution in [0.1, 0.15) is 62.5 Å². The molecule has 2 aliphatic rings. The van der Waals surface area contributed by atoms with Gasteiger partial charge in [0, 0.05) is 18.3 Å². The monoisotopic (exact) mass is 287 g/mol. The molecule has 1 aliphatic carbocycles. The molecule has 1 unspecified atom stereocenters. The molecular formula is C18H25NO2. The smallest absolute Gasteiger partial charge is 0.303 e. The fourth-order valence-electron chi connectivity index (χ4n) is 4.04. The molecule has 0 saturated heterocycles. The number of hydrogen-bond donors (Lipinski definition) is 1. The maximum atomic E-state index is 11.1. The van der Waals surface area contributed by atoms with E-state index < -0.39 is 5.97 Å². The molecule has 1 aromatic rings. The van der Waals surface area contributed by atoms with Crippen LogP contribution in [-0.2, 0) is 11.2 Å². The van der Waals surface area contributed by atoms with E-state index in [9.17, 15) is 4.79 Å². The van der Waals surface area contributed by atoms with Crippen molar-refractivity contribution in [3.63, 3.8) is 0 Å². The number of hydrogen-bond acceptors (Lipinski definition) is 2. The van der Waals surface area contributed by atoms with Gasteiger partial charge in [-0.05, 0) is 36.3 Å². The van der Waals surface area contributed by atoms with Crippen LogP contribution in [-0.4, -0.2) is 23.7 Å². The molecule has 1 aromatic carbocycles. The number of anilines is 1. The zero-order valence-electron chi connectivity index (χ0n) is 12.8. The molecule has 1 saturated carbocycles. The number of benzene rings is 1. The number of fused-ring (bicyclic) bond motifs is 1. The number of carboxylic acids is 1. The molecular weight excluding hydrogens is 262 g/mol. The van der Waals surface area contributed by atoms with Crippen molar-refractivity contribution in [1.29, 1.82) is 0 Å². The summed E-state index contributed by atoms with van der Waals surface area (Å²) in [5.41, 5.74) is 4.01. The van der Waals surface area contributed by atoms with Gasteiger partial charge >= 0.3 is 5.97 Å². The summed E-state index contributed by atoms with van der Waals surface area (Å²) in [6.45, 7) is 3.15. The lowest BCUT2D eigenvalue weighted by atomic mass is 9.91. The highest BCUT2D eigenvalue weighted by molar-refractivity contribution is 5.71. The first-order chi connectivity index (χ1) is 10.2. The predicted octanol–water partition coefficient (Wildman–Crippen LogP) is 3.96. The lowest BCUT2D eigenvalue weighted by Crippen LogP contribution is -2.36. The van der Waals surface area contributed by atoms with Crippen LogP contribution in [0.15, 0.2) is 18.2 Å². The third-order valence-corrected chi connectivity index (χ3v) is 5.09. The second kappa shape index (κ2) is 6.08. The standard InChI is InChI=1S/C18H25NO2/c1-13(12-17(20)21)16-9-5-6-14-10-11-19(18(14)16)15-7-3-2-4-8-15/h5-6,9,13,15H,2-4,7-8,10-12H2,1H3,(H,20,21). The maximum absolute atomic E-state index is 11.1. The highest BCUT2D eigenvalue weighted by Gasteiger charge is 2.30. The Bertz CT molecular complexity index is 520. The molecule has 1 aliphatic heterocycles. The van der Waals surface area contributed by atoms with Gasteiger partial charge in [-0.2, -0.15) is 0 Å². The number of aliphatic carboxylic acids is 1. The van der Waals surface area contributed by atoms with Crippen molar-refractivity contribution in [2.24, 2.45) is 0 Å². The molecule has 0 aromatic heterocycles. The van der Waals surface area contributed by atoms with Crippen molar-refractivity contribution < 1.29 is 9.90 Å². The molecule has 1 fully saturated rings. The maximum Gasteiger partial charge on any atom is 0.303 e. The summed E-state index contributed by atoms with van der Waals surface area (Å²) in [7, 11) is 0. The van der Waals surface area contributed by atoms with Crippen molar-refractivity contribution in [2.45, 2.75) is 63.8 Å². The van der Waals surface area contributed by atoms with Gasteiger partial charge < -0.3 is 10.0 Å². The number of para-hydroxylation sites is 1. The van der Waals surface area contributed by atoms with E-state index in [1.807, 2.05) is 6.92 Å². The Kier molecular flexibility index (Phi) is 4.18. The van der Waals surface area contributed by atoms with E-state index in [0.29, 0.717) is 6.04 Å². The van der Waals surface area contributed by atoms with Crippen LogP contribution in [0, 0.1) is 0 Å². The van der Waals surface area contributed by atoms with E-state index >= 15 is 0 Å². The van der Waals surface area contributed by atoms with E-state index in [2.05, 4.69) is 23.1 Å². The van der Waals surface area contributed by atoms with E-state index in [0.717, 1.165) is 13.0 Å². The molecule has 0 bridgehead atoms. The fourth-order valence-corrected chi connectivity index (χ4v) is 4.04. The summed E-state index contributed by atoms with van der Waals surface area (Å²) in [4.78, 5) is 13.6. The summed E-state index contributed by atoms with van der Waals surface area (Å²) in [6.07, 6.45) is 7.96. The minimum absolute atomic E-state index is 0.0849. The number of nitrogens with zero attached hydrogens (tertiary/aromatic N) is 1. The molecule has 21 heavy (non-hydrogen) atoms. The average Bonchev–Trinajstić information content (AvgIpc) is 2.91. The Morgan fingerprint density at radius 1 is 1.33 bits per heavy atom. The normalized spacial score (nSPS) is 20.3. The fraction of sp³-hybridized carbons (Fsp3) is 0.611. The van der Waals surface area contributed by atoms with Gasteiger partial charge in [0.2, 0.25) is 0 Å². The first-order valence-electron chi connectivity index (χ1n) is 8.27. The third kappa shape index (κ3) is 2.92. The van der Waals surface area contributed by atoms with E-state index in [-0.39, 0.29) is 12.3 Å². The molecule has 0 amide bonds. The highest BCUT2D eigenvalue weighted by Crippen LogP contribution is 2.40. The Hall–Kier alpha value is -1.51. The van der Waals surface area contributed by atoms with Crippen molar-refractivity contribution in [3.05, 3.63) is 29.3 Å². The predicted molar refractivity (Wildman–Crippen MR) is 85.0 cm³/mol. The Morgan fingerprint density at radius 3 is 2.81 bits per heavy atom. The minimum atomic E-state index is -0.706. The molecule has 3 rings (SSSR count). The quantitative estimate of drug-likeness (QED) is 0.911. The van der Waals surface area contributed by atoms with Crippen molar-refractivity contribution in [1.82, 2.24) is 0 Å². The molecule has 1 heterocycles. The number of rotatable bonds is 4.